The molecule has 0 unspecified atom stereocenters. The Bertz CT molecular complexity index is 353. The highest BCUT2D eigenvalue weighted by Crippen LogP contribution is 2.24. The van der Waals surface area contributed by atoms with Crippen molar-refractivity contribution >= 4 is 11.3 Å². The summed E-state index contributed by atoms with van der Waals surface area (Å²) >= 11 is 1.92. The molecule has 1 saturated carbocycles. The summed E-state index contributed by atoms with van der Waals surface area (Å²) in [5.41, 5.74) is 1.32. The highest BCUT2D eigenvalue weighted by molar-refractivity contribution is 7.11. The summed E-state index contributed by atoms with van der Waals surface area (Å²) in [6, 6.07) is 0.793. The first-order valence-corrected chi connectivity index (χ1v) is 7.71. The van der Waals surface area contributed by atoms with Crippen molar-refractivity contribution in [2.24, 2.45) is 5.92 Å². The smallest absolute Gasteiger partial charge is 0.0931 e. The van der Waals surface area contributed by atoms with Gasteiger partial charge in [0, 0.05) is 17.5 Å². The first kappa shape index (κ1) is 13.0. The van der Waals surface area contributed by atoms with Crippen molar-refractivity contribution in [3.8, 4) is 0 Å². The van der Waals surface area contributed by atoms with Gasteiger partial charge in [0.15, 0.2) is 0 Å². The van der Waals surface area contributed by atoms with Crippen LogP contribution in [0, 0.1) is 5.92 Å². The Balaban J connectivity index is 1.92. The Morgan fingerprint density at radius 3 is 2.76 bits per heavy atom. The zero-order valence-corrected chi connectivity index (χ0v) is 12.1. The molecule has 1 N–H and O–H groups in total. The van der Waals surface area contributed by atoms with Gasteiger partial charge in [-0.1, -0.05) is 20.8 Å². The molecule has 0 atom stereocenters. The third kappa shape index (κ3) is 4.07. The van der Waals surface area contributed by atoms with Crippen molar-refractivity contribution in [2.45, 2.75) is 65.5 Å². The first-order chi connectivity index (χ1) is 8.19. The maximum atomic E-state index is 4.78. The Morgan fingerprint density at radius 2 is 2.18 bits per heavy atom. The Morgan fingerprint density at radius 1 is 1.41 bits per heavy atom. The van der Waals surface area contributed by atoms with E-state index >= 15 is 0 Å². The highest BCUT2D eigenvalue weighted by atomic mass is 32.1. The SMILES string of the molecule is CCc1nc(CCC(C)C)sc1CNC1CC1. The molecule has 2 rings (SSSR count). The number of hydrogen-bond donors (Lipinski definition) is 1. The van der Waals surface area contributed by atoms with Gasteiger partial charge in [-0.05, 0) is 38.0 Å². The average molecular weight is 252 g/mol. The second-order valence-corrected chi connectivity index (χ2v) is 6.59. The van der Waals surface area contributed by atoms with E-state index in [1.165, 1.54) is 34.8 Å². The number of nitrogens with zero attached hydrogens (tertiary/aromatic N) is 1. The minimum absolute atomic E-state index is 0.775. The van der Waals surface area contributed by atoms with Crippen LogP contribution in [0.1, 0.15) is 55.6 Å². The number of aryl methyl sites for hydroxylation is 2. The maximum Gasteiger partial charge on any atom is 0.0931 e. The number of hydrogen-bond acceptors (Lipinski definition) is 3. The molecule has 3 heteroatoms. The Labute approximate surface area is 109 Å². The zero-order chi connectivity index (χ0) is 12.3. The molecule has 17 heavy (non-hydrogen) atoms. The molecule has 0 saturated heterocycles. The number of thiazole rings is 1. The molecule has 1 aliphatic carbocycles. The summed E-state index contributed by atoms with van der Waals surface area (Å²) in [4.78, 5) is 6.25. The standard InChI is InChI=1S/C14H24N2S/c1-4-12-13(9-15-11-6-7-11)17-14(16-12)8-5-10(2)3/h10-11,15H,4-9H2,1-3H3. The molecule has 1 aliphatic rings. The van der Waals surface area contributed by atoms with E-state index in [2.05, 4.69) is 26.1 Å². The van der Waals surface area contributed by atoms with Crippen LogP contribution in [0.15, 0.2) is 0 Å². The summed E-state index contributed by atoms with van der Waals surface area (Å²) in [6.07, 6.45) is 6.20. The van der Waals surface area contributed by atoms with Gasteiger partial charge in [-0.3, -0.25) is 0 Å². The predicted molar refractivity (Wildman–Crippen MR) is 74.5 cm³/mol. The highest BCUT2D eigenvalue weighted by Gasteiger charge is 2.21. The van der Waals surface area contributed by atoms with E-state index in [0.717, 1.165) is 31.3 Å². The number of nitrogens with one attached hydrogen (secondary N) is 1. The molecule has 0 bridgehead atoms. The van der Waals surface area contributed by atoms with Crippen LogP contribution >= 0.6 is 11.3 Å². The van der Waals surface area contributed by atoms with Crippen LogP contribution in [0.4, 0.5) is 0 Å². The third-order valence-electron chi connectivity index (χ3n) is 3.22. The molecule has 1 fully saturated rings. The monoisotopic (exact) mass is 252 g/mol. The fourth-order valence-corrected chi connectivity index (χ4v) is 3.02. The fourth-order valence-electron chi connectivity index (χ4n) is 1.89. The molecule has 1 aromatic heterocycles. The van der Waals surface area contributed by atoms with Crippen LogP contribution in [0.2, 0.25) is 0 Å². The lowest BCUT2D eigenvalue weighted by molar-refractivity contribution is 0.585. The minimum atomic E-state index is 0.775. The third-order valence-corrected chi connectivity index (χ3v) is 4.38. The summed E-state index contributed by atoms with van der Waals surface area (Å²) < 4.78 is 0. The van der Waals surface area contributed by atoms with E-state index in [9.17, 15) is 0 Å². The van der Waals surface area contributed by atoms with E-state index in [0.29, 0.717) is 0 Å². The van der Waals surface area contributed by atoms with Gasteiger partial charge in [-0.25, -0.2) is 4.98 Å². The van der Waals surface area contributed by atoms with Crippen molar-refractivity contribution in [1.82, 2.24) is 10.3 Å². The topological polar surface area (TPSA) is 24.9 Å². The van der Waals surface area contributed by atoms with Crippen molar-refractivity contribution in [3.05, 3.63) is 15.6 Å². The summed E-state index contributed by atoms with van der Waals surface area (Å²) in [5.74, 6) is 0.775. The molecule has 0 aliphatic heterocycles. The molecule has 0 aromatic carbocycles. The summed E-state index contributed by atoms with van der Waals surface area (Å²) in [7, 11) is 0. The lowest BCUT2D eigenvalue weighted by Crippen LogP contribution is -2.15. The van der Waals surface area contributed by atoms with E-state index in [1.807, 2.05) is 11.3 Å². The van der Waals surface area contributed by atoms with Crippen molar-refractivity contribution in [3.63, 3.8) is 0 Å². The van der Waals surface area contributed by atoms with Crippen molar-refractivity contribution in [1.29, 1.82) is 0 Å². The normalized spacial score (nSPS) is 15.8. The second-order valence-electron chi connectivity index (χ2n) is 5.42. The van der Waals surface area contributed by atoms with Crippen LogP contribution in [-0.4, -0.2) is 11.0 Å². The van der Waals surface area contributed by atoms with Gasteiger partial charge in [-0.15, -0.1) is 11.3 Å². The predicted octanol–water partition coefficient (Wildman–Crippen LogP) is 3.55. The van der Waals surface area contributed by atoms with Crippen LogP contribution in [0.25, 0.3) is 0 Å². The largest absolute Gasteiger partial charge is 0.309 e. The first-order valence-electron chi connectivity index (χ1n) is 6.89. The molecule has 1 aromatic rings. The molecule has 0 radical (unpaired) electrons. The van der Waals surface area contributed by atoms with Gasteiger partial charge < -0.3 is 5.32 Å². The van der Waals surface area contributed by atoms with Gasteiger partial charge in [0.05, 0.1) is 10.7 Å². The Hall–Kier alpha value is -0.410. The molecule has 2 nitrogen and oxygen atoms in total. The number of rotatable bonds is 7. The maximum absolute atomic E-state index is 4.78. The van der Waals surface area contributed by atoms with Gasteiger partial charge >= 0.3 is 0 Å². The lowest BCUT2D eigenvalue weighted by Gasteiger charge is -2.01. The summed E-state index contributed by atoms with van der Waals surface area (Å²) in [5, 5.41) is 4.93. The van der Waals surface area contributed by atoms with Gasteiger partial charge in [0.25, 0.3) is 0 Å². The van der Waals surface area contributed by atoms with Gasteiger partial charge in [0.1, 0.15) is 0 Å². The number of aromatic nitrogens is 1. The fraction of sp³-hybridized carbons (Fsp3) is 0.786. The van der Waals surface area contributed by atoms with Crippen molar-refractivity contribution in [2.75, 3.05) is 0 Å². The molecule has 96 valence electrons. The van der Waals surface area contributed by atoms with Crippen LogP contribution < -0.4 is 5.32 Å². The van der Waals surface area contributed by atoms with Gasteiger partial charge in [0.2, 0.25) is 0 Å². The molecular formula is C14H24N2S. The summed E-state index contributed by atoms with van der Waals surface area (Å²) in [6.45, 7) is 7.81. The molecular weight excluding hydrogens is 228 g/mol. The Kier molecular flexibility index (Phi) is 4.57. The van der Waals surface area contributed by atoms with E-state index in [1.54, 1.807) is 0 Å². The van der Waals surface area contributed by atoms with Gasteiger partial charge in [-0.2, -0.15) is 0 Å². The van der Waals surface area contributed by atoms with Crippen LogP contribution in [0.3, 0.4) is 0 Å². The lowest BCUT2D eigenvalue weighted by atomic mass is 10.1. The van der Waals surface area contributed by atoms with E-state index < -0.39 is 0 Å². The van der Waals surface area contributed by atoms with E-state index in [4.69, 9.17) is 4.98 Å². The van der Waals surface area contributed by atoms with E-state index in [-0.39, 0.29) is 0 Å². The quantitative estimate of drug-likeness (QED) is 0.803. The molecule has 0 amide bonds. The van der Waals surface area contributed by atoms with Crippen LogP contribution in [-0.2, 0) is 19.4 Å². The van der Waals surface area contributed by atoms with Crippen molar-refractivity contribution < 1.29 is 0 Å². The van der Waals surface area contributed by atoms with Crippen LogP contribution in [0.5, 0.6) is 0 Å². The minimum Gasteiger partial charge on any atom is -0.309 e. The zero-order valence-electron chi connectivity index (χ0n) is 11.3. The molecule has 1 heterocycles. The second kappa shape index (κ2) is 5.96. The molecule has 0 spiro atoms. The average Bonchev–Trinajstić information content (AvgIpc) is 3.04.